The summed E-state index contributed by atoms with van der Waals surface area (Å²) in [4.78, 5) is 15.8. The van der Waals surface area contributed by atoms with E-state index in [1.165, 1.54) is 0 Å². The van der Waals surface area contributed by atoms with Crippen LogP contribution in [0.3, 0.4) is 0 Å². The Hall–Kier alpha value is -0.740. The van der Waals surface area contributed by atoms with Crippen molar-refractivity contribution in [3.05, 3.63) is 40.5 Å². The van der Waals surface area contributed by atoms with Gasteiger partial charge in [-0.05, 0) is 34.5 Å². The number of carbonyl (C=O) groups is 1. The Kier molecular flexibility index (Phi) is 4.17. The molecule has 0 amide bonds. The summed E-state index contributed by atoms with van der Waals surface area (Å²) in [6, 6.07) is 8.10. The van der Waals surface area contributed by atoms with Crippen molar-refractivity contribution in [1.82, 2.24) is 4.98 Å². The molecule has 0 N–H and O–H groups in total. The first-order valence-electron chi connectivity index (χ1n) is 5.69. The van der Waals surface area contributed by atoms with Crippen LogP contribution < -0.4 is 0 Å². The Bertz CT molecular complexity index is 597. The second-order valence-electron chi connectivity index (χ2n) is 4.37. The predicted molar refractivity (Wildman–Crippen MR) is 81.3 cm³/mol. The molecule has 0 aliphatic rings. The number of aromatic nitrogens is 1. The van der Waals surface area contributed by atoms with Crippen LogP contribution in [0.5, 0.6) is 0 Å². The lowest BCUT2D eigenvalue weighted by Crippen LogP contribution is -2.17. The second kappa shape index (κ2) is 5.49. The number of hydrogen-bond donors (Lipinski definition) is 0. The number of fused-ring (bicyclic) bond motifs is 1. The van der Waals surface area contributed by atoms with Gasteiger partial charge in [-0.15, -0.1) is 0 Å². The molecule has 4 heteroatoms. The molecule has 1 heterocycles. The normalized spacial score (nSPS) is 14.4. The number of benzene rings is 1. The average Bonchev–Trinajstić information content (AvgIpc) is 2.35. The Balaban J connectivity index is 2.54. The van der Waals surface area contributed by atoms with Crippen LogP contribution in [0.15, 0.2) is 34.9 Å². The van der Waals surface area contributed by atoms with Crippen LogP contribution in [-0.2, 0) is 4.79 Å². The van der Waals surface area contributed by atoms with E-state index in [0.29, 0.717) is 0 Å². The third-order valence-corrected chi connectivity index (χ3v) is 4.90. The van der Waals surface area contributed by atoms with Gasteiger partial charge in [0.15, 0.2) is 0 Å². The molecule has 18 heavy (non-hydrogen) atoms. The van der Waals surface area contributed by atoms with Crippen molar-refractivity contribution in [2.45, 2.75) is 24.6 Å². The number of halogens is 2. The summed E-state index contributed by atoms with van der Waals surface area (Å²) in [6.45, 7) is 3.64. The quantitative estimate of drug-likeness (QED) is 0.747. The molecular weight excluding hydrogens is 358 g/mol. The van der Waals surface area contributed by atoms with Gasteiger partial charge in [-0.3, -0.25) is 9.78 Å². The molecule has 94 valence electrons. The first-order valence-corrected chi connectivity index (χ1v) is 7.40. The molecule has 0 saturated heterocycles. The maximum absolute atomic E-state index is 11.5. The van der Waals surface area contributed by atoms with Crippen LogP contribution in [0.4, 0.5) is 0 Å². The van der Waals surface area contributed by atoms with Crippen LogP contribution in [0.2, 0.25) is 0 Å². The van der Waals surface area contributed by atoms with Gasteiger partial charge in [-0.1, -0.05) is 41.1 Å². The maximum Gasteiger partial charge on any atom is 0.144 e. The van der Waals surface area contributed by atoms with E-state index < -0.39 is 0 Å². The number of alkyl halides is 1. The SMILES string of the molecule is CC(=O)C(Br)C(C)c1cccc2cc(Br)cnc12. The van der Waals surface area contributed by atoms with Gasteiger partial charge in [0.05, 0.1) is 10.3 Å². The number of ketones is 1. The third kappa shape index (κ3) is 2.64. The van der Waals surface area contributed by atoms with Gasteiger partial charge >= 0.3 is 0 Å². The van der Waals surface area contributed by atoms with E-state index in [0.717, 1.165) is 20.9 Å². The molecule has 1 aromatic carbocycles. The summed E-state index contributed by atoms with van der Waals surface area (Å²) < 4.78 is 0.960. The Morgan fingerprint density at radius 3 is 2.78 bits per heavy atom. The molecule has 0 aliphatic heterocycles. The number of para-hydroxylation sites is 1. The molecule has 0 saturated carbocycles. The Morgan fingerprint density at radius 1 is 1.39 bits per heavy atom. The Morgan fingerprint density at radius 2 is 2.11 bits per heavy atom. The van der Waals surface area contributed by atoms with Crippen molar-refractivity contribution in [3.63, 3.8) is 0 Å². The van der Waals surface area contributed by atoms with E-state index >= 15 is 0 Å². The van der Waals surface area contributed by atoms with Crippen LogP contribution in [0, 0.1) is 0 Å². The predicted octanol–water partition coefficient (Wildman–Crippen LogP) is 4.45. The van der Waals surface area contributed by atoms with Crippen LogP contribution in [-0.4, -0.2) is 15.6 Å². The van der Waals surface area contributed by atoms with Crippen LogP contribution in [0.1, 0.15) is 25.3 Å². The summed E-state index contributed by atoms with van der Waals surface area (Å²) in [5.41, 5.74) is 2.05. The standard InChI is InChI=1S/C14H13Br2NO/c1-8(13(16)9(2)18)12-5-3-4-10-6-11(15)7-17-14(10)12/h3-8,13H,1-2H3. The fourth-order valence-electron chi connectivity index (χ4n) is 2.03. The molecule has 2 aromatic rings. The number of nitrogens with zero attached hydrogens (tertiary/aromatic N) is 1. The zero-order chi connectivity index (χ0) is 13.3. The summed E-state index contributed by atoms with van der Waals surface area (Å²) in [7, 11) is 0. The van der Waals surface area contributed by atoms with Gasteiger partial charge in [0, 0.05) is 22.0 Å². The van der Waals surface area contributed by atoms with Gasteiger partial charge in [0.25, 0.3) is 0 Å². The van der Waals surface area contributed by atoms with E-state index in [1.54, 1.807) is 13.1 Å². The highest BCUT2D eigenvalue weighted by Crippen LogP contribution is 2.31. The summed E-state index contributed by atoms with van der Waals surface area (Å²) >= 11 is 6.88. The fraction of sp³-hybridized carbons (Fsp3) is 0.286. The van der Waals surface area contributed by atoms with E-state index in [-0.39, 0.29) is 16.5 Å². The fourth-order valence-corrected chi connectivity index (χ4v) is 2.67. The first-order chi connectivity index (χ1) is 8.50. The van der Waals surface area contributed by atoms with E-state index in [4.69, 9.17) is 0 Å². The van der Waals surface area contributed by atoms with Crippen molar-refractivity contribution >= 4 is 48.5 Å². The van der Waals surface area contributed by atoms with Crippen LogP contribution in [0.25, 0.3) is 10.9 Å². The minimum atomic E-state index is -0.173. The maximum atomic E-state index is 11.5. The van der Waals surface area contributed by atoms with Gasteiger partial charge in [-0.25, -0.2) is 0 Å². The molecule has 0 spiro atoms. The molecule has 2 nitrogen and oxygen atoms in total. The van der Waals surface area contributed by atoms with Crippen molar-refractivity contribution in [3.8, 4) is 0 Å². The first kappa shape index (κ1) is 13.7. The molecule has 0 aliphatic carbocycles. The number of pyridine rings is 1. The third-order valence-electron chi connectivity index (χ3n) is 3.03. The lowest BCUT2D eigenvalue weighted by Gasteiger charge is -2.17. The number of carbonyl (C=O) groups excluding carboxylic acids is 1. The smallest absolute Gasteiger partial charge is 0.144 e. The lowest BCUT2D eigenvalue weighted by molar-refractivity contribution is -0.116. The van der Waals surface area contributed by atoms with Crippen molar-refractivity contribution < 1.29 is 4.79 Å². The number of hydrogen-bond acceptors (Lipinski definition) is 2. The highest BCUT2D eigenvalue weighted by atomic mass is 79.9. The van der Waals surface area contributed by atoms with Gasteiger partial charge in [0.1, 0.15) is 5.78 Å². The number of Topliss-reactive ketones (excluding diaryl/α,β-unsaturated/α-hetero) is 1. The minimum Gasteiger partial charge on any atom is -0.299 e. The largest absolute Gasteiger partial charge is 0.299 e. The molecule has 2 atom stereocenters. The molecule has 0 bridgehead atoms. The molecule has 0 radical (unpaired) electrons. The van der Waals surface area contributed by atoms with E-state index in [9.17, 15) is 4.79 Å². The Labute approximate surface area is 123 Å². The van der Waals surface area contributed by atoms with E-state index in [2.05, 4.69) is 36.8 Å². The summed E-state index contributed by atoms with van der Waals surface area (Å²) in [6.07, 6.45) is 1.79. The highest BCUT2D eigenvalue weighted by molar-refractivity contribution is 9.10. The average molecular weight is 371 g/mol. The molecule has 0 fully saturated rings. The van der Waals surface area contributed by atoms with Gasteiger partial charge < -0.3 is 0 Å². The zero-order valence-corrected chi connectivity index (χ0v) is 13.3. The van der Waals surface area contributed by atoms with Crippen molar-refractivity contribution in [2.24, 2.45) is 0 Å². The molecule has 1 aromatic heterocycles. The van der Waals surface area contributed by atoms with E-state index in [1.807, 2.05) is 31.2 Å². The summed E-state index contributed by atoms with van der Waals surface area (Å²) in [5.74, 6) is 0.233. The van der Waals surface area contributed by atoms with Crippen LogP contribution >= 0.6 is 31.9 Å². The molecule has 2 rings (SSSR count). The second-order valence-corrected chi connectivity index (χ2v) is 6.28. The highest BCUT2D eigenvalue weighted by Gasteiger charge is 2.22. The number of rotatable bonds is 3. The molecule has 2 unspecified atom stereocenters. The summed E-state index contributed by atoms with van der Waals surface area (Å²) in [5, 5.41) is 1.08. The monoisotopic (exact) mass is 369 g/mol. The lowest BCUT2D eigenvalue weighted by atomic mass is 9.93. The van der Waals surface area contributed by atoms with Gasteiger partial charge in [0.2, 0.25) is 0 Å². The zero-order valence-electron chi connectivity index (χ0n) is 10.2. The van der Waals surface area contributed by atoms with Crippen molar-refractivity contribution in [2.75, 3.05) is 0 Å². The van der Waals surface area contributed by atoms with Gasteiger partial charge in [-0.2, -0.15) is 0 Å². The topological polar surface area (TPSA) is 30.0 Å². The minimum absolute atomic E-state index is 0.0971. The van der Waals surface area contributed by atoms with Crippen molar-refractivity contribution in [1.29, 1.82) is 0 Å². The molecular formula is C14H13Br2NO.